The third kappa shape index (κ3) is 3.83. The smallest absolute Gasteiger partial charge is 0.131 e. The van der Waals surface area contributed by atoms with Crippen LogP contribution in [-0.4, -0.2) is 5.84 Å². The van der Waals surface area contributed by atoms with Gasteiger partial charge >= 0.3 is 0 Å². The number of hydrogen-bond donors (Lipinski definition) is 1. The van der Waals surface area contributed by atoms with Crippen LogP contribution in [0.15, 0.2) is 53.5 Å². The second-order valence-electron chi connectivity index (χ2n) is 4.35. The molecule has 0 atom stereocenters. The first-order valence-electron chi connectivity index (χ1n) is 6.20. The maximum Gasteiger partial charge on any atom is 0.131 e. The molecule has 0 bridgehead atoms. The number of nitrogens with two attached hydrogens (primary N) is 1. The van der Waals surface area contributed by atoms with E-state index in [0.29, 0.717) is 5.84 Å². The highest BCUT2D eigenvalue weighted by atomic mass is 35.5. The lowest BCUT2D eigenvalue weighted by molar-refractivity contribution is 1.13. The minimum absolute atomic E-state index is 0. The molecule has 0 saturated heterocycles. The van der Waals surface area contributed by atoms with E-state index >= 15 is 0 Å². The molecule has 2 rings (SSSR count). The summed E-state index contributed by atoms with van der Waals surface area (Å²) in [5.74, 6) is 0.566. The van der Waals surface area contributed by atoms with Gasteiger partial charge in [0.1, 0.15) is 5.84 Å². The Morgan fingerprint density at radius 1 is 1.05 bits per heavy atom. The summed E-state index contributed by atoms with van der Waals surface area (Å²) >= 11 is 0. The van der Waals surface area contributed by atoms with Crippen molar-refractivity contribution < 1.29 is 0 Å². The van der Waals surface area contributed by atoms with Crippen LogP contribution in [0.5, 0.6) is 0 Å². The third-order valence-electron chi connectivity index (χ3n) is 2.96. The molecule has 0 aliphatic heterocycles. The van der Waals surface area contributed by atoms with Crippen LogP contribution in [0.4, 0.5) is 5.69 Å². The van der Waals surface area contributed by atoms with Crippen molar-refractivity contribution in [3.63, 3.8) is 0 Å². The summed E-state index contributed by atoms with van der Waals surface area (Å²) < 4.78 is 0. The quantitative estimate of drug-likeness (QED) is 0.666. The maximum absolute atomic E-state index is 6.05. The van der Waals surface area contributed by atoms with Crippen LogP contribution in [0.1, 0.15) is 23.6 Å². The molecule has 2 aromatic rings. The first kappa shape index (κ1) is 15.3. The Kier molecular flexibility index (Phi) is 5.58. The molecule has 0 aromatic heterocycles. The van der Waals surface area contributed by atoms with Crippen LogP contribution in [0.2, 0.25) is 0 Å². The van der Waals surface area contributed by atoms with Crippen molar-refractivity contribution in [2.45, 2.75) is 20.3 Å². The van der Waals surface area contributed by atoms with Crippen molar-refractivity contribution in [3.8, 4) is 0 Å². The Hall–Kier alpha value is -1.80. The van der Waals surface area contributed by atoms with Crippen molar-refractivity contribution in [3.05, 3.63) is 65.2 Å². The lowest BCUT2D eigenvalue weighted by Gasteiger charge is -2.05. The van der Waals surface area contributed by atoms with Gasteiger partial charge in [0.25, 0.3) is 0 Å². The fourth-order valence-corrected chi connectivity index (χ4v) is 1.84. The maximum atomic E-state index is 6.05. The number of aliphatic imine (C=N–C) groups is 1. The average molecular weight is 275 g/mol. The molecular weight excluding hydrogens is 256 g/mol. The minimum atomic E-state index is 0. The predicted molar refractivity (Wildman–Crippen MR) is 84.6 cm³/mol. The van der Waals surface area contributed by atoms with Crippen molar-refractivity contribution in [2.75, 3.05) is 0 Å². The minimum Gasteiger partial charge on any atom is -0.383 e. The molecule has 0 saturated carbocycles. The van der Waals surface area contributed by atoms with Crippen LogP contribution >= 0.6 is 12.4 Å². The molecule has 0 heterocycles. The topological polar surface area (TPSA) is 38.4 Å². The number of rotatable bonds is 3. The standard InChI is InChI=1S/C16H18N2.ClH/c1-3-13-6-4-5-7-15(13)18-16(17)14-10-8-12(2)9-11-14;/h4-11H,3H2,1-2H3,(H2,17,18);1H. The molecule has 0 unspecified atom stereocenters. The molecule has 0 spiro atoms. The summed E-state index contributed by atoms with van der Waals surface area (Å²) in [6.07, 6.45) is 0.959. The Morgan fingerprint density at radius 2 is 1.68 bits per heavy atom. The summed E-state index contributed by atoms with van der Waals surface area (Å²) in [6.45, 7) is 4.18. The molecular formula is C16H19ClN2. The van der Waals surface area contributed by atoms with E-state index in [2.05, 4.69) is 24.9 Å². The molecule has 19 heavy (non-hydrogen) atoms. The van der Waals surface area contributed by atoms with Gasteiger partial charge in [-0.05, 0) is 25.0 Å². The van der Waals surface area contributed by atoms with Gasteiger partial charge in [-0.3, -0.25) is 0 Å². The number of nitrogens with zero attached hydrogens (tertiary/aromatic N) is 1. The zero-order valence-corrected chi connectivity index (χ0v) is 12.1. The van der Waals surface area contributed by atoms with E-state index in [4.69, 9.17) is 5.73 Å². The number of halogens is 1. The van der Waals surface area contributed by atoms with E-state index in [1.165, 1.54) is 11.1 Å². The summed E-state index contributed by atoms with van der Waals surface area (Å²) in [5.41, 5.74) is 10.4. The number of aryl methyl sites for hydroxylation is 2. The number of amidine groups is 1. The van der Waals surface area contributed by atoms with Gasteiger partial charge in [0, 0.05) is 5.56 Å². The van der Waals surface area contributed by atoms with Crippen molar-refractivity contribution >= 4 is 23.9 Å². The lowest BCUT2D eigenvalue weighted by Crippen LogP contribution is -2.12. The number of para-hydroxylation sites is 1. The van der Waals surface area contributed by atoms with Gasteiger partial charge in [-0.1, -0.05) is 55.0 Å². The molecule has 2 nitrogen and oxygen atoms in total. The highest BCUT2D eigenvalue weighted by Gasteiger charge is 2.01. The van der Waals surface area contributed by atoms with Gasteiger partial charge in [0.15, 0.2) is 0 Å². The molecule has 2 N–H and O–H groups in total. The summed E-state index contributed by atoms with van der Waals surface area (Å²) in [4.78, 5) is 4.52. The summed E-state index contributed by atoms with van der Waals surface area (Å²) in [6, 6.07) is 16.2. The molecule has 0 aliphatic rings. The van der Waals surface area contributed by atoms with Crippen molar-refractivity contribution in [2.24, 2.45) is 10.7 Å². The molecule has 2 aromatic carbocycles. The van der Waals surface area contributed by atoms with Gasteiger partial charge in [-0.25, -0.2) is 4.99 Å². The zero-order chi connectivity index (χ0) is 13.0. The van der Waals surface area contributed by atoms with E-state index in [1.54, 1.807) is 0 Å². The van der Waals surface area contributed by atoms with Crippen LogP contribution < -0.4 is 5.73 Å². The monoisotopic (exact) mass is 274 g/mol. The predicted octanol–water partition coefficient (Wildman–Crippen LogP) is 4.02. The molecule has 3 heteroatoms. The highest BCUT2D eigenvalue weighted by molar-refractivity contribution is 5.99. The SMILES string of the molecule is CCc1ccccc1N=C(N)c1ccc(C)cc1.Cl. The lowest BCUT2D eigenvalue weighted by atomic mass is 10.1. The fraction of sp³-hybridized carbons (Fsp3) is 0.188. The van der Waals surface area contributed by atoms with Gasteiger partial charge in [-0.15, -0.1) is 12.4 Å². The zero-order valence-electron chi connectivity index (χ0n) is 11.3. The second-order valence-corrected chi connectivity index (χ2v) is 4.35. The van der Waals surface area contributed by atoms with Crippen LogP contribution in [0, 0.1) is 6.92 Å². The van der Waals surface area contributed by atoms with Crippen molar-refractivity contribution in [1.82, 2.24) is 0 Å². The van der Waals surface area contributed by atoms with Gasteiger partial charge < -0.3 is 5.73 Å². The van der Waals surface area contributed by atoms with E-state index in [0.717, 1.165) is 17.7 Å². The average Bonchev–Trinajstić information content (AvgIpc) is 2.40. The van der Waals surface area contributed by atoms with E-state index in [9.17, 15) is 0 Å². The second kappa shape index (κ2) is 6.95. The van der Waals surface area contributed by atoms with E-state index in [-0.39, 0.29) is 12.4 Å². The van der Waals surface area contributed by atoms with Crippen LogP contribution in [0.3, 0.4) is 0 Å². The van der Waals surface area contributed by atoms with Crippen LogP contribution in [0.25, 0.3) is 0 Å². The van der Waals surface area contributed by atoms with Gasteiger partial charge in [0.2, 0.25) is 0 Å². The van der Waals surface area contributed by atoms with Gasteiger partial charge in [0.05, 0.1) is 5.69 Å². The molecule has 100 valence electrons. The molecule has 0 radical (unpaired) electrons. The van der Waals surface area contributed by atoms with E-state index < -0.39 is 0 Å². The number of hydrogen-bond acceptors (Lipinski definition) is 1. The van der Waals surface area contributed by atoms with Crippen LogP contribution in [-0.2, 0) is 6.42 Å². The Morgan fingerprint density at radius 3 is 2.32 bits per heavy atom. The highest BCUT2D eigenvalue weighted by Crippen LogP contribution is 2.19. The Labute approximate surface area is 120 Å². The third-order valence-corrected chi connectivity index (χ3v) is 2.96. The first-order chi connectivity index (χ1) is 8.70. The normalized spacial score (nSPS) is 10.9. The fourth-order valence-electron chi connectivity index (χ4n) is 1.84. The Balaban J connectivity index is 0.00000180. The largest absolute Gasteiger partial charge is 0.383 e. The molecule has 0 fully saturated rings. The molecule has 0 aliphatic carbocycles. The van der Waals surface area contributed by atoms with Gasteiger partial charge in [-0.2, -0.15) is 0 Å². The first-order valence-corrected chi connectivity index (χ1v) is 6.20. The Bertz CT molecular complexity index is 559. The van der Waals surface area contributed by atoms with Crippen molar-refractivity contribution in [1.29, 1.82) is 0 Å². The summed E-state index contributed by atoms with van der Waals surface area (Å²) in [7, 11) is 0. The van der Waals surface area contributed by atoms with E-state index in [1.807, 2.05) is 42.5 Å². The number of benzene rings is 2. The summed E-state index contributed by atoms with van der Waals surface area (Å²) in [5, 5.41) is 0. The molecule has 0 amide bonds.